The molecule has 0 spiro atoms. The summed E-state index contributed by atoms with van der Waals surface area (Å²) in [7, 11) is 3.26. The molecule has 16 heavy (non-hydrogen) atoms. The Morgan fingerprint density at radius 3 is 2.81 bits per heavy atom. The zero-order chi connectivity index (χ0) is 11.7. The Hall–Kier alpha value is -1.80. The Morgan fingerprint density at radius 2 is 2.25 bits per heavy atom. The molecule has 1 amide bonds. The average Bonchev–Trinajstić information content (AvgIpc) is 2.58. The highest BCUT2D eigenvalue weighted by Gasteiger charge is 2.21. The van der Waals surface area contributed by atoms with E-state index in [1.807, 2.05) is 0 Å². The number of amides is 1. The van der Waals surface area contributed by atoms with E-state index in [1.54, 1.807) is 20.3 Å². The molecular formula is C8H9N5O2S. The number of anilines is 1. The first-order valence-corrected chi connectivity index (χ1v) is 5.18. The maximum atomic E-state index is 11.0. The van der Waals surface area contributed by atoms with E-state index < -0.39 is 6.09 Å². The lowest BCUT2D eigenvalue weighted by atomic mass is 10.6. The van der Waals surface area contributed by atoms with Crippen LogP contribution >= 0.6 is 11.3 Å². The Bertz CT molecular complexity index is 493. The van der Waals surface area contributed by atoms with Crippen molar-refractivity contribution in [2.45, 2.75) is 0 Å². The lowest BCUT2D eigenvalue weighted by Gasteiger charge is -2.22. The summed E-state index contributed by atoms with van der Waals surface area (Å²) in [4.78, 5) is 23.7. The van der Waals surface area contributed by atoms with Crippen LogP contribution in [0.2, 0.25) is 0 Å². The largest absolute Gasteiger partial charge is 0.464 e. The van der Waals surface area contributed by atoms with Gasteiger partial charge < -0.3 is 5.11 Å². The standard InChI is InChI=1S/C8H9N5O2S/c1-12(2)13(8(14)15)7-11-5-3-9-4-10-6(5)16-7/h3-4H,1-2H3,(H,14,15). The van der Waals surface area contributed by atoms with Crippen molar-refractivity contribution in [1.29, 1.82) is 0 Å². The van der Waals surface area contributed by atoms with Crippen LogP contribution < -0.4 is 5.01 Å². The van der Waals surface area contributed by atoms with Crippen molar-refractivity contribution < 1.29 is 9.90 Å². The van der Waals surface area contributed by atoms with Crippen molar-refractivity contribution >= 4 is 32.9 Å². The summed E-state index contributed by atoms with van der Waals surface area (Å²) in [5, 5.41) is 11.9. The van der Waals surface area contributed by atoms with E-state index >= 15 is 0 Å². The smallest absolute Gasteiger partial charge is 0.428 e. The lowest BCUT2D eigenvalue weighted by molar-refractivity contribution is 0.184. The summed E-state index contributed by atoms with van der Waals surface area (Å²) in [5.41, 5.74) is 0.593. The summed E-state index contributed by atoms with van der Waals surface area (Å²) < 4.78 is 0. The number of carbonyl (C=O) groups is 1. The van der Waals surface area contributed by atoms with Crippen molar-refractivity contribution in [3.8, 4) is 0 Å². The first kappa shape index (κ1) is 10.7. The topological polar surface area (TPSA) is 82.5 Å². The van der Waals surface area contributed by atoms with Crippen LogP contribution in [0.4, 0.5) is 9.93 Å². The van der Waals surface area contributed by atoms with Crippen LogP contribution in [-0.4, -0.2) is 45.3 Å². The number of carboxylic acid groups (broad SMARTS) is 1. The number of nitrogens with zero attached hydrogens (tertiary/aromatic N) is 5. The Balaban J connectivity index is 2.49. The van der Waals surface area contributed by atoms with E-state index in [-0.39, 0.29) is 0 Å². The van der Waals surface area contributed by atoms with E-state index in [2.05, 4.69) is 15.0 Å². The molecule has 0 bridgehead atoms. The minimum Gasteiger partial charge on any atom is -0.464 e. The molecule has 7 nitrogen and oxygen atoms in total. The maximum Gasteiger partial charge on any atom is 0.428 e. The molecule has 0 aliphatic rings. The van der Waals surface area contributed by atoms with Gasteiger partial charge in [-0.1, -0.05) is 11.3 Å². The molecule has 2 rings (SSSR count). The summed E-state index contributed by atoms with van der Waals surface area (Å²) in [6.45, 7) is 0. The van der Waals surface area contributed by atoms with Crippen molar-refractivity contribution in [2.75, 3.05) is 19.1 Å². The lowest BCUT2D eigenvalue weighted by Crippen LogP contribution is -2.41. The van der Waals surface area contributed by atoms with E-state index in [1.165, 1.54) is 22.7 Å². The van der Waals surface area contributed by atoms with E-state index in [0.29, 0.717) is 15.5 Å². The van der Waals surface area contributed by atoms with Gasteiger partial charge in [0.05, 0.1) is 6.20 Å². The van der Waals surface area contributed by atoms with Gasteiger partial charge >= 0.3 is 6.09 Å². The number of hydrogen-bond donors (Lipinski definition) is 1. The molecule has 0 saturated carbocycles. The van der Waals surface area contributed by atoms with Gasteiger partial charge in [0.15, 0.2) is 0 Å². The van der Waals surface area contributed by atoms with Crippen LogP contribution in [0.1, 0.15) is 0 Å². The van der Waals surface area contributed by atoms with Gasteiger partial charge in [-0.2, -0.15) is 5.01 Å². The van der Waals surface area contributed by atoms with Gasteiger partial charge in [0.2, 0.25) is 5.13 Å². The van der Waals surface area contributed by atoms with E-state index in [0.717, 1.165) is 5.01 Å². The van der Waals surface area contributed by atoms with Gasteiger partial charge in [-0.25, -0.2) is 24.8 Å². The van der Waals surface area contributed by atoms with Crippen LogP contribution in [0.15, 0.2) is 12.5 Å². The molecule has 0 radical (unpaired) electrons. The second-order valence-electron chi connectivity index (χ2n) is 3.15. The number of rotatable bonds is 2. The van der Waals surface area contributed by atoms with Gasteiger partial charge in [0.25, 0.3) is 0 Å². The molecule has 0 aliphatic carbocycles. The van der Waals surface area contributed by atoms with Gasteiger partial charge in [-0.15, -0.1) is 0 Å². The molecule has 84 valence electrons. The second-order valence-corrected chi connectivity index (χ2v) is 4.11. The molecule has 2 aromatic rings. The highest BCUT2D eigenvalue weighted by Crippen LogP contribution is 2.26. The summed E-state index contributed by atoms with van der Waals surface area (Å²) in [6.07, 6.45) is 1.88. The van der Waals surface area contributed by atoms with Gasteiger partial charge in [0.1, 0.15) is 16.7 Å². The van der Waals surface area contributed by atoms with Crippen molar-refractivity contribution in [3.63, 3.8) is 0 Å². The Labute approximate surface area is 95.0 Å². The quantitative estimate of drug-likeness (QED) is 0.789. The number of fused-ring (bicyclic) bond motifs is 1. The first-order valence-electron chi connectivity index (χ1n) is 4.36. The normalized spacial score (nSPS) is 10.9. The molecule has 0 saturated heterocycles. The minimum absolute atomic E-state index is 0.355. The van der Waals surface area contributed by atoms with Crippen LogP contribution in [0.25, 0.3) is 10.3 Å². The van der Waals surface area contributed by atoms with Gasteiger partial charge in [0, 0.05) is 14.1 Å². The van der Waals surface area contributed by atoms with E-state index in [4.69, 9.17) is 5.11 Å². The number of hydrogen-bond acceptors (Lipinski definition) is 6. The molecule has 0 aliphatic heterocycles. The van der Waals surface area contributed by atoms with Crippen LogP contribution in [0.5, 0.6) is 0 Å². The van der Waals surface area contributed by atoms with Crippen molar-refractivity contribution in [3.05, 3.63) is 12.5 Å². The fraction of sp³-hybridized carbons (Fsp3) is 0.250. The maximum absolute atomic E-state index is 11.0. The SMILES string of the molecule is CN(C)N(C(=O)O)c1nc2cncnc2s1. The number of thiazole rings is 1. The third-order valence-electron chi connectivity index (χ3n) is 1.82. The molecule has 8 heteroatoms. The highest BCUT2D eigenvalue weighted by atomic mass is 32.1. The highest BCUT2D eigenvalue weighted by molar-refractivity contribution is 7.21. The predicted molar refractivity (Wildman–Crippen MR) is 59.4 cm³/mol. The summed E-state index contributed by atoms with van der Waals surface area (Å²) in [6, 6.07) is 0. The molecule has 0 aromatic carbocycles. The van der Waals surface area contributed by atoms with Crippen molar-refractivity contribution in [2.24, 2.45) is 0 Å². The third-order valence-corrected chi connectivity index (χ3v) is 2.78. The van der Waals surface area contributed by atoms with E-state index in [9.17, 15) is 4.79 Å². The molecule has 0 fully saturated rings. The fourth-order valence-electron chi connectivity index (χ4n) is 1.19. The molecule has 1 N–H and O–H groups in total. The van der Waals surface area contributed by atoms with Crippen molar-refractivity contribution in [1.82, 2.24) is 20.0 Å². The summed E-state index contributed by atoms with van der Waals surface area (Å²) >= 11 is 1.20. The minimum atomic E-state index is -1.09. The van der Waals surface area contributed by atoms with Crippen LogP contribution in [-0.2, 0) is 0 Å². The monoisotopic (exact) mass is 239 g/mol. The zero-order valence-corrected chi connectivity index (χ0v) is 9.47. The Morgan fingerprint density at radius 1 is 1.50 bits per heavy atom. The van der Waals surface area contributed by atoms with Gasteiger partial charge in [-0.05, 0) is 0 Å². The summed E-state index contributed by atoms with van der Waals surface area (Å²) in [5.74, 6) is 0. The second kappa shape index (κ2) is 3.99. The van der Waals surface area contributed by atoms with Gasteiger partial charge in [-0.3, -0.25) is 0 Å². The Kier molecular flexibility index (Phi) is 2.67. The number of hydrazine groups is 1. The van der Waals surface area contributed by atoms with Crippen LogP contribution in [0, 0.1) is 0 Å². The zero-order valence-electron chi connectivity index (χ0n) is 8.65. The molecule has 2 heterocycles. The average molecular weight is 239 g/mol. The number of aromatic nitrogens is 3. The molecule has 0 unspecified atom stereocenters. The molecule has 0 atom stereocenters. The van der Waals surface area contributed by atoms with Crippen LogP contribution in [0.3, 0.4) is 0 Å². The fourth-order valence-corrected chi connectivity index (χ4v) is 2.14. The molecular weight excluding hydrogens is 230 g/mol. The third kappa shape index (κ3) is 1.79. The first-order chi connectivity index (χ1) is 7.59. The molecule has 2 aromatic heterocycles. The predicted octanol–water partition coefficient (Wildman–Crippen LogP) is 1.05.